The van der Waals surface area contributed by atoms with Crippen molar-refractivity contribution in [1.82, 2.24) is 0 Å². The number of rotatable bonds is 0. The second kappa shape index (κ2) is 46.5. The predicted octanol–water partition coefficient (Wildman–Crippen LogP) is -9.11. The normalized spacial score (nSPS) is 0. The first-order valence-corrected chi connectivity index (χ1v) is 0. The van der Waals surface area contributed by atoms with Gasteiger partial charge in [-0.1, -0.05) is 0 Å². The van der Waals surface area contributed by atoms with Gasteiger partial charge in [0.15, 0.2) is 0 Å². The van der Waals surface area contributed by atoms with E-state index in [1.54, 1.807) is 0 Å². The summed E-state index contributed by atoms with van der Waals surface area (Å²) in [7, 11) is 0. The van der Waals surface area contributed by atoms with Crippen LogP contribution in [0.15, 0.2) is 0 Å². The summed E-state index contributed by atoms with van der Waals surface area (Å²) >= 11 is 0. The number of hydrogen-bond acceptors (Lipinski definition) is 0. The third-order valence-electron chi connectivity index (χ3n) is 0. The van der Waals surface area contributed by atoms with E-state index < -0.39 is 0 Å². The molecule has 21 valence electrons. The zero-order valence-corrected chi connectivity index (χ0v) is 6.27. The van der Waals surface area contributed by atoms with Crippen LogP contribution in [0.3, 0.4) is 0 Å². The molecule has 6 heteroatoms. The summed E-state index contributed by atoms with van der Waals surface area (Å²) in [6.07, 6.45) is 0. The molecule has 0 aromatic rings. The van der Waals surface area contributed by atoms with Crippen molar-refractivity contribution in [2.24, 2.45) is 0 Å². The van der Waals surface area contributed by atoms with Gasteiger partial charge in [0.2, 0.25) is 0 Å². The van der Waals surface area contributed by atoms with E-state index in [4.69, 9.17) is 0 Å². The maximum Gasteiger partial charge on any atom is 2.00 e. The molecule has 0 atom stereocenters. The molecule has 0 unspecified atom stereocenters. The first kappa shape index (κ1) is 69.1. The predicted molar refractivity (Wildman–Crippen MR) is 0.686 cm³/mol. The maximum atomic E-state index is 0. The van der Waals surface area contributed by atoms with Gasteiger partial charge in [0.25, 0.3) is 0 Å². The van der Waals surface area contributed by atoms with Crippen LogP contribution in [-0.2, 0) is 39.0 Å². The summed E-state index contributed by atoms with van der Waals surface area (Å²) in [6.45, 7) is 0. The molecule has 1 nitrogen and oxygen atoms in total. The minimum atomic E-state index is 0. The molecule has 0 spiro atoms. The molecule has 0 aliphatic carbocycles. The van der Waals surface area contributed by atoms with Gasteiger partial charge in [-0.3, -0.25) is 0 Å². The molecule has 0 saturated carbocycles. The molecule has 6 heavy (non-hydrogen) atoms. The van der Waals surface area contributed by atoms with Crippen LogP contribution < -0.4 is 56.6 Å². The second-order valence-corrected chi connectivity index (χ2v) is 0. The van der Waals surface area contributed by atoms with Gasteiger partial charge in [-0.2, -0.15) is 0 Å². The van der Waals surface area contributed by atoms with Crippen molar-refractivity contribution in [3.05, 3.63) is 0 Å². The van der Waals surface area contributed by atoms with Gasteiger partial charge in [0, 0.05) is 0 Å². The molecule has 0 rings (SSSR count). The van der Waals surface area contributed by atoms with E-state index in [-0.39, 0.29) is 95.6 Å². The summed E-state index contributed by atoms with van der Waals surface area (Å²) in [4.78, 5) is 0. The van der Waals surface area contributed by atoms with Crippen molar-refractivity contribution in [3.63, 3.8) is 0 Å². The molecule has 0 aromatic carbocycles. The first-order chi connectivity index (χ1) is 0. The van der Waals surface area contributed by atoms with Gasteiger partial charge in [0.05, 0.1) is 0 Å². The Balaban J connectivity index is 0. The zero-order valence-electron chi connectivity index (χ0n) is 4.10. The van der Waals surface area contributed by atoms with Gasteiger partial charge < -0.3 is 5.48 Å². The average molecular weight is 150 g/mol. The Hall–Kier alpha value is 2.77. The van der Waals surface area contributed by atoms with Crippen LogP contribution in [0.4, 0.5) is 0 Å². The van der Waals surface area contributed by atoms with Crippen LogP contribution in [0.1, 0.15) is 0 Å². The summed E-state index contributed by atoms with van der Waals surface area (Å²) < 4.78 is 0. The van der Waals surface area contributed by atoms with Crippen molar-refractivity contribution in [3.8, 4) is 0 Å². The zero-order chi connectivity index (χ0) is 0. The standard InChI is InChI=1S/3Li.Mn.Ni.O/q3*+1;2*+2;-2. The Kier molecular flexibility index (Phi) is 535. The Morgan fingerprint density at radius 3 is 0.667 bits per heavy atom. The van der Waals surface area contributed by atoms with E-state index in [1.165, 1.54) is 0 Å². The van der Waals surface area contributed by atoms with Crippen molar-refractivity contribution >= 4 is 0 Å². The SMILES string of the molecule is [Li+].[Li+].[Li+].[Mn+2].[Ni+2].[O-2]. The van der Waals surface area contributed by atoms with Gasteiger partial charge in [-0.25, -0.2) is 0 Å². The summed E-state index contributed by atoms with van der Waals surface area (Å²) in [5.41, 5.74) is 0. The van der Waals surface area contributed by atoms with E-state index in [1.807, 2.05) is 0 Å². The monoisotopic (exact) mass is 150 g/mol. The van der Waals surface area contributed by atoms with Crippen LogP contribution in [0.25, 0.3) is 0 Å². The quantitative estimate of drug-likeness (QED) is 0.307. The maximum absolute atomic E-state index is 0. The van der Waals surface area contributed by atoms with Crippen LogP contribution in [0.5, 0.6) is 0 Å². The Morgan fingerprint density at radius 2 is 0.667 bits per heavy atom. The molecular formula is Li3MnNiO+5. The molecule has 0 saturated heterocycles. The summed E-state index contributed by atoms with van der Waals surface area (Å²) in [5, 5.41) is 0. The minimum Gasteiger partial charge on any atom is -2.00 e. The molecular weight excluding hydrogens is 150 g/mol. The number of hydrogen-bond donors (Lipinski definition) is 0. The molecule has 1 radical (unpaired) electrons. The van der Waals surface area contributed by atoms with Gasteiger partial charge >= 0.3 is 90.1 Å². The Morgan fingerprint density at radius 1 is 0.667 bits per heavy atom. The molecule has 0 heterocycles. The minimum absolute atomic E-state index is 0. The van der Waals surface area contributed by atoms with Crippen LogP contribution in [0.2, 0.25) is 0 Å². The molecule has 0 aliphatic heterocycles. The van der Waals surface area contributed by atoms with E-state index in [0.717, 1.165) is 0 Å². The van der Waals surface area contributed by atoms with Crippen molar-refractivity contribution in [1.29, 1.82) is 0 Å². The molecule has 0 aromatic heterocycles. The van der Waals surface area contributed by atoms with E-state index in [2.05, 4.69) is 0 Å². The second-order valence-electron chi connectivity index (χ2n) is 0. The third kappa shape index (κ3) is 29.4. The van der Waals surface area contributed by atoms with Crippen LogP contribution in [0, 0.1) is 0 Å². The van der Waals surface area contributed by atoms with Gasteiger partial charge in [-0.05, 0) is 0 Å². The molecule has 0 N–H and O–H groups in total. The van der Waals surface area contributed by atoms with Gasteiger partial charge in [-0.15, -0.1) is 0 Å². The van der Waals surface area contributed by atoms with Crippen molar-refractivity contribution in [2.75, 3.05) is 0 Å². The smallest absolute Gasteiger partial charge is 2.00 e. The van der Waals surface area contributed by atoms with Crippen molar-refractivity contribution in [2.45, 2.75) is 0 Å². The van der Waals surface area contributed by atoms with Crippen molar-refractivity contribution < 1.29 is 95.6 Å². The van der Waals surface area contributed by atoms with Gasteiger partial charge in [0.1, 0.15) is 0 Å². The summed E-state index contributed by atoms with van der Waals surface area (Å²) in [6, 6.07) is 0. The van der Waals surface area contributed by atoms with E-state index >= 15 is 0 Å². The molecule has 0 bridgehead atoms. The largest absolute Gasteiger partial charge is 2.00 e. The first-order valence-electron chi connectivity index (χ1n) is 0. The summed E-state index contributed by atoms with van der Waals surface area (Å²) in [5.74, 6) is 0. The fraction of sp³-hybridized carbons (Fsp3) is 0. The third-order valence-corrected chi connectivity index (χ3v) is 0. The van der Waals surface area contributed by atoms with Crippen LogP contribution >= 0.6 is 0 Å². The molecule has 0 aliphatic rings. The fourth-order valence-electron chi connectivity index (χ4n) is 0. The van der Waals surface area contributed by atoms with Crippen LogP contribution in [-0.4, -0.2) is 0 Å². The molecule has 0 amide bonds. The Bertz CT molecular complexity index is 10.8. The average Bonchev–Trinajstić information content (AvgIpc) is 0. The Labute approximate surface area is 94.4 Å². The topological polar surface area (TPSA) is 28.5 Å². The fourth-order valence-corrected chi connectivity index (χ4v) is 0. The molecule has 0 fully saturated rings. The van der Waals surface area contributed by atoms with E-state index in [0.29, 0.717) is 0 Å². The van der Waals surface area contributed by atoms with E-state index in [9.17, 15) is 0 Å².